The van der Waals surface area contributed by atoms with Crippen LogP contribution in [0.25, 0.3) is 0 Å². The number of carbonyl (C=O) groups is 1. The van der Waals surface area contributed by atoms with Crippen molar-refractivity contribution in [1.82, 2.24) is 10.3 Å². The summed E-state index contributed by atoms with van der Waals surface area (Å²) in [7, 11) is 0. The smallest absolute Gasteiger partial charge is 0.270 e. The van der Waals surface area contributed by atoms with Crippen LogP contribution < -0.4 is 20.5 Å². The normalized spacial score (nSPS) is 13.6. The first kappa shape index (κ1) is 16.7. The van der Waals surface area contributed by atoms with Crippen molar-refractivity contribution < 1.29 is 14.3 Å². The summed E-state index contributed by atoms with van der Waals surface area (Å²) in [6, 6.07) is 5.91. The topological polar surface area (TPSA) is 86.5 Å². The summed E-state index contributed by atoms with van der Waals surface area (Å²) >= 11 is 1.40. The number of nitrogens with zero attached hydrogens (tertiary/aromatic N) is 1. The number of amides is 1. The molecule has 7 heteroatoms. The van der Waals surface area contributed by atoms with Gasteiger partial charge < -0.3 is 20.5 Å². The monoisotopic (exact) mass is 347 g/mol. The van der Waals surface area contributed by atoms with E-state index in [1.807, 2.05) is 18.2 Å². The highest BCUT2D eigenvalue weighted by Gasteiger charge is 2.24. The van der Waals surface area contributed by atoms with Gasteiger partial charge in [0.2, 0.25) is 0 Å². The molecule has 0 saturated heterocycles. The Morgan fingerprint density at radius 1 is 1.33 bits per heavy atom. The Bertz CT molecular complexity index is 742. The number of fused-ring (bicyclic) bond motifs is 1. The van der Waals surface area contributed by atoms with E-state index >= 15 is 0 Å². The third-order valence-electron chi connectivity index (χ3n) is 3.97. The van der Waals surface area contributed by atoms with Gasteiger partial charge in [0.25, 0.3) is 5.91 Å². The molecule has 2 heterocycles. The molecule has 0 aliphatic carbocycles. The third kappa shape index (κ3) is 3.52. The Balaban J connectivity index is 1.68. The van der Waals surface area contributed by atoms with E-state index in [1.165, 1.54) is 11.3 Å². The lowest BCUT2D eigenvalue weighted by Crippen LogP contribution is -2.37. The fourth-order valence-corrected chi connectivity index (χ4v) is 3.12. The van der Waals surface area contributed by atoms with Gasteiger partial charge in [-0.05, 0) is 17.7 Å². The molecule has 1 aromatic carbocycles. The van der Waals surface area contributed by atoms with Gasteiger partial charge >= 0.3 is 0 Å². The highest BCUT2D eigenvalue weighted by atomic mass is 32.1. The van der Waals surface area contributed by atoms with E-state index in [1.54, 1.807) is 5.38 Å². The summed E-state index contributed by atoms with van der Waals surface area (Å²) in [5.74, 6) is 1.34. The third-order valence-corrected chi connectivity index (χ3v) is 4.84. The average molecular weight is 347 g/mol. The number of carbonyl (C=O) groups excluding carboxylic acids is 1. The summed E-state index contributed by atoms with van der Waals surface area (Å²) in [6.45, 7) is 6.11. The van der Waals surface area contributed by atoms with Crippen molar-refractivity contribution in [2.75, 3.05) is 19.8 Å². The number of ether oxygens (including phenoxy) is 2. The number of rotatable bonds is 5. The number of benzene rings is 1. The largest absolute Gasteiger partial charge is 0.486 e. The zero-order valence-corrected chi connectivity index (χ0v) is 14.6. The van der Waals surface area contributed by atoms with Crippen LogP contribution in [0, 0.1) is 0 Å². The molecule has 3 N–H and O–H groups in total. The highest BCUT2D eigenvalue weighted by Crippen LogP contribution is 2.34. The molecule has 0 spiro atoms. The van der Waals surface area contributed by atoms with Crippen LogP contribution in [-0.4, -0.2) is 30.6 Å². The summed E-state index contributed by atoms with van der Waals surface area (Å²) in [5, 5.41) is 5.43. The Kier molecular flexibility index (Phi) is 4.73. The molecule has 0 atom stereocenters. The van der Waals surface area contributed by atoms with E-state index < -0.39 is 0 Å². The lowest BCUT2D eigenvalue weighted by atomic mass is 9.84. The predicted molar refractivity (Wildman–Crippen MR) is 92.8 cm³/mol. The lowest BCUT2D eigenvalue weighted by molar-refractivity contribution is 0.0941. The first-order valence-corrected chi connectivity index (χ1v) is 8.70. The van der Waals surface area contributed by atoms with Crippen LogP contribution in [0.2, 0.25) is 0 Å². The maximum absolute atomic E-state index is 12.2. The van der Waals surface area contributed by atoms with E-state index in [9.17, 15) is 4.79 Å². The molecule has 6 nitrogen and oxygen atoms in total. The number of hydrogen-bond acceptors (Lipinski definition) is 6. The SMILES string of the molecule is CC(C)(CNC(=O)c1csc(CN)n1)c1ccc2c(c1)OCCO2. The first-order valence-electron chi connectivity index (χ1n) is 7.82. The Morgan fingerprint density at radius 3 is 2.79 bits per heavy atom. The Hall–Kier alpha value is -2.12. The fraction of sp³-hybridized carbons (Fsp3) is 0.412. The van der Waals surface area contributed by atoms with Crippen molar-refractivity contribution >= 4 is 17.2 Å². The zero-order valence-electron chi connectivity index (χ0n) is 13.8. The van der Waals surface area contributed by atoms with Gasteiger partial charge in [-0.3, -0.25) is 4.79 Å². The molecule has 1 aromatic heterocycles. The second-order valence-corrected chi connectivity index (χ2v) is 7.20. The van der Waals surface area contributed by atoms with Crippen molar-refractivity contribution in [1.29, 1.82) is 0 Å². The quantitative estimate of drug-likeness (QED) is 0.865. The molecule has 2 aromatic rings. The van der Waals surface area contributed by atoms with Crippen LogP contribution in [-0.2, 0) is 12.0 Å². The summed E-state index contributed by atoms with van der Waals surface area (Å²) in [6.07, 6.45) is 0. The second-order valence-electron chi connectivity index (χ2n) is 6.26. The number of thiazole rings is 1. The fourth-order valence-electron chi connectivity index (χ4n) is 2.47. The summed E-state index contributed by atoms with van der Waals surface area (Å²) in [5.41, 5.74) is 6.77. The number of nitrogens with two attached hydrogens (primary N) is 1. The van der Waals surface area contributed by atoms with Crippen LogP contribution in [0.1, 0.15) is 34.9 Å². The minimum absolute atomic E-state index is 0.184. The molecule has 3 rings (SSSR count). The van der Waals surface area contributed by atoms with Crippen molar-refractivity contribution in [3.8, 4) is 11.5 Å². The number of aromatic nitrogens is 1. The lowest BCUT2D eigenvalue weighted by Gasteiger charge is -2.27. The molecule has 1 aliphatic heterocycles. The number of hydrogen-bond donors (Lipinski definition) is 2. The maximum atomic E-state index is 12.2. The summed E-state index contributed by atoms with van der Waals surface area (Å²) in [4.78, 5) is 16.4. The van der Waals surface area contributed by atoms with Gasteiger partial charge in [0.05, 0.1) is 0 Å². The second kappa shape index (κ2) is 6.78. The van der Waals surface area contributed by atoms with Gasteiger partial charge in [-0.1, -0.05) is 19.9 Å². The maximum Gasteiger partial charge on any atom is 0.270 e. The van der Waals surface area contributed by atoms with Gasteiger partial charge in [-0.25, -0.2) is 4.98 Å². The molecule has 0 bridgehead atoms. The molecule has 1 aliphatic rings. The molecular formula is C17H21N3O3S. The molecule has 128 valence electrons. The standard InChI is InChI=1S/C17H21N3O3S/c1-17(2,10-19-16(21)12-9-24-15(8-18)20-12)11-3-4-13-14(7-11)23-6-5-22-13/h3-4,7,9H,5-6,8,10,18H2,1-2H3,(H,19,21). The average Bonchev–Trinajstić information content (AvgIpc) is 3.08. The van der Waals surface area contributed by atoms with E-state index in [-0.39, 0.29) is 11.3 Å². The van der Waals surface area contributed by atoms with E-state index in [0.717, 1.165) is 22.1 Å². The van der Waals surface area contributed by atoms with Crippen molar-refractivity contribution in [2.45, 2.75) is 25.8 Å². The predicted octanol–water partition coefficient (Wildman–Crippen LogP) is 2.08. The van der Waals surface area contributed by atoms with Crippen molar-refractivity contribution in [3.63, 3.8) is 0 Å². The van der Waals surface area contributed by atoms with Crippen LogP contribution in [0.3, 0.4) is 0 Å². The van der Waals surface area contributed by atoms with E-state index in [4.69, 9.17) is 15.2 Å². The van der Waals surface area contributed by atoms with Gasteiger partial charge in [-0.2, -0.15) is 0 Å². The molecular weight excluding hydrogens is 326 g/mol. The van der Waals surface area contributed by atoms with E-state index in [2.05, 4.69) is 24.1 Å². The number of nitrogens with one attached hydrogen (secondary N) is 1. The van der Waals surface area contributed by atoms with E-state index in [0.29, 0.717) is 32.0 Å². The van der Waals surface area contributed by atoms with Crippen molar-refractivity contribution in [2.24, 2.45) is 5.73 Å². The molecule has 24 heavy (non-hydrogen) atoms. The summed E-state index contributed by atoms with van der Waals surface area (Å²) < 4.78 is 11.2. The van der Waals surface area contributed by atoms with Crippen molar-refractivity contribution in [3.05, 3.63) is 39.8 Å². The minimum atomic E-state index is -0.252. The van der Waals surface area contributed by atoms with Gasteiger partial charge in [0, 0.05) is 23.9 Å². The van der Waals surface area contributed by atoms with Gasteiger partial charge in [0.1, 0.15) is 23.9 Å². The molecule has 1 amide bonds. The van der Waals surface area contributed by atoms with Crippen LogP contribution >= 0.6 is 11.3 Å². The zero-order chi connectivity index (χ0) is 17.2. The van der Waals surface area contributed by atoms with Crippen LogP contribution in [0.15, 0.2) is 23.6 Å². The first-order chi connectivity index (χ1) is 11.5. The van der Waals surface area contributed by atoms with Crippen LogP contribution in [0.4, 0.5) is 0 Å². The van der Waals surface area contributed by atoms with Gasteiger partial charge in [-0.15, -0.1) is 11.3 Å². The minimum Gasteiger partial charge on any atom is -0.486 e. The molecule has 0 unspecified atom stereocenters. The molecule has 0 saturated carbocycles. The highest BCUT2D eigenvalue weighted by molar-refractivity contribution is 7.09. The Morgan fingerprint density at radius 2 is 2.08 bits per heavy atom. The molecule has 0 fully saturated rings. The van der Waals surface area contributed by atoms with Gasteiger partial charge in [0.15, 0.2) is 11.5 Å². The van der Waals surface area contributed by atoms with Crippen LogP contribution in [0.5, 0.6) is 11.5 Å². The Labute approximate surface area is 145 Å². The molecule has 0 radical (unpaired) electrons.